The van der Waals surface area contributed by atoms with Crippen LogP contribution in [0, 0.1) is 13.8 Å². The van der Waals surface area contributed by atoms with Crippen LogP contribution in [0.15, 0.2) is 0 Å². The van der Waals surface area contributed by atoms with Crippen LogP contribution in [-0.2, 0) is 6.54 Å². The highest BCUT2D eigenvalue weighted by Crippen LogP contribution is 2.08. The van der Waals surface area contributed by atoms with Crippen LogP contribution in [0.3, 0.4) is 0 Å². The van der Waals surface area contributed by atoms with Crippen molar-refractivity contribution in [2.24, 2.45) is 0 Å². The Morgan fingerprint density at radius 1 is 1.47 bits per heavy atom. The van der Waals surface area contributed by atoms with E-state index in [1.54, 1.807) is 0 Å². The van der Waals surface area contributed by atoms with Crippen LogP contribution in [0.4, 0.5) is 0 Å². The maximum atomic E-state index is 9.37. The summed E-state index contributed by atoms with van der Waals surface area (Å²) in [6.45, 7) is 7.69. The SMILES string of the molecule is CCC(O)CCNCc1c(C)n[nH]c1C. The summed E-state index contributed by atoms with van der Waals surface area (Å²) in [4.78, 5) is 0. The predicted octanol–water partition coefficient (Wildman–Crippen LogP) is 1.28. The molecule has 0 bridgehead atoms. The Balaban J connectivity index is 2.26. The molecule has 0 aliphatic rings. The Morgan fingerprint density at radius 3 is 2.73 bits per heavy atom. The Morgan fingerprint density at radius 2 is 2.20 bits per heavy atom. The zero-order valence-corrected chi connectivity index (χ0v) is 9.80. The Hall–Kier alpha value is -0.870. The molecule has 86 valence electrons. The van der Waals surface area contributed by atoms with Gasteiger partial charge in [-0.15, -0.1) is 0 Å². The first-order valence-corrected chi connectivity index (χ1v) is 5.54. The number of aliphatic hydroxyl groups is 1. The van der Waals surface area contributed by atoms with E-state index in [1.165, 1.54) is 5.56 Å². The lowest BCUT2D eigenvalue weighted by atomic mass is 10.2. The van der Waals surface area contributed by atoms with Crippen LogP contribution < -0.4 is 5.32 Å². The summed E-state index contributed by atoms with van der Waals surface area (Å²) in [6.07, 6.45) is 1.46. The minimum Gasteiger partial charge on any atom is -0.393 e. The van der Waals surface area contributed by atoms with Crippen LogP contribution in [0.1, 0.15) is 36.7 Å². The molecular formula is C11H21N3O. The maximum Gasteiger partial charge on any atom is 0.0638 e. The first-order chi connectivity index (χ1) is 7.15. The summed E-state index contributed by atoms with van der Waals surface area (Å²) in [5.74, 6) is 0. The number of aromatic amines is 1. The molecule has 1 aromatic heterocycles. The summed E-state index contributed by atoms with van der Waals surface area (Å²) >= 11 is 0. The highest BCUT2D eigenvalue weighted by molar-refractivity contribution is 5.22. The van der Waals surface area contributed by atoms with Gasteiger partial charge in [0, 0.05) is 17.8 Å². The quantitative estimate of drug-likeness (QED) is 0.621. The molecule has 3 N–H and O–H groups in total. The van der Waals surface area contributed by atoms with Gasteiger partial charge in [-0.25, -0.2) is 0 Å². The van der Waals surface area contributed by atoms with Crippen molar-refractivity contribution in [3.8, 4) is 0 Å². The van der Waals surface area contributed by atoms with E-state index in [2.05, 4.69) is 15.5 Å². The fourth-order valence-corrected chi connectivity index (χ4v) is 1.52. The zero-order chi connectivity index (χ0) is 11.3. The van der Waals surface area contributed by atoms with E-state index >= 15 is 0 Å². The van der Waals surface area contributed by atoms with Gasteiger partial charge in [0.1, 0.15) is 0 Å². The van der Waals surface area contributed by atoms with E-state index < -0.39 is 0 Å². The van der Waals surface area contributed by atoms with Crippen molar-refractivity contribution in [1.29, 1.82) is 0 Å². The van der Waals surface area contributed by atoms with Gasteiger partial charge in [0.05, 0.1) is 11.8 Å². The number of hydrogen-bond acceptors (Lipinski definition) is 3. The number of nitrogens with zero attached hydrogens (tertiary/aromatic N) is 1. The summed E-state index contributed by atoms with van der Waals surface area (Å²) in [6, 6.07) is 0. The lowest BCUT2D eigenvalue weighted by Crippen LogP contribution is -2.20. The van der Waals surface area contributed by atoms with Gasteiger partial charge in [0.25, 0.3) is 0 Å². The van der Waals surface area contributed by atoms with Crippen molar-refractivity contribution >= 4 is 0 Å². The molecule has 4 heteroatoms. The minimum atomic E-state index is -0.177. The number of aromatic nitrogens is 2. The Kier molecular flexibility index (Phi) is 4.78. The van der Waals surface area contributed by atoms with Crippen LogP contribution >= 0.6 is 0 Å². The monoisotopic (exact) mass is 211 g/mol. The normalized spacial score (nSPS) is 13.1. The summed E-state index contributed by atoms with van der Waals surface area (Å²) in [7, 11) is 0. The lowest BCUT2D eigenvalue weighted by Gasteiger charge is -2.08. The second-order valence-corrected chi connectivity index (χ2v) is 3.94. The maximum absolute atomic E-state index is 9.37. The van der Waals surface area contributed by atoms with Crippen molar-refractivity contribution in [2.45, 2.75) is 46.3 Å². The Labute approximate surface area is 91.1 Å². The van der Waals surface area contributed by atoms with E-state index in [1.807, 2.05) is 20.8 Å². The number of aryl methyl sites for hydroxylation is 2. The molecule has 0 aliphatic carbocycles. The predicted molar refractivity (Wildman–Crippen MR) is 60.7 cm³/mol. The molecule has 0 radical (unpaired) electrons. The molecule has 1 rings (SSSR count). The molecule has 1 aromatic rings. The van der Waals surface area contributed by atoms with Crippen LogP contribution in [0.25, 0.3) is 0 Å². The lowest BCUT2D eigenvalue weighted by molar-refractivity contribution is 0.159. The molecule has 0 saturated carbocycles. The smallest absolute Gasteiger partial charge is 0.0638 e. The first kappa shape index (κ1) is 12.2. The molecular weight excluding hydrogens is 190 g/mol. The second-order valence-electron chi connectivity index (χ2n) is 3.94. The van der Waals surface area contributed by atoms with Gasteiger partial charge >= 0.3 is 0 Å². The number of nitrogens with one attached hydrogen (secondary N) is 2. The number of rotatable bonds is 6. The van der Waals surface area contributed by atoms with E-state index in [9.17, 15) is 5.11 Å². The third-order valence-electron chi connectivity index (χ3n) is 2.71. The number of aliphatic hydroxyl groups excluding tert-OH is 1. The van der Waals surface area contributed by atoms with Crippen LogP contribution in [0.2, 0.25) is 0 Å². The Bertz CT molecular complexity index is 277. The molecule has 1 unspecified atom stereocenters. The zero-order valence-electron chi connectivity index (χ0n) is 9.80. The highest BCUT2D eigenvalue weighted by Gasteiger charge is 2.05. The van der Waals surface area contributed by atoms with Crippen molar-refractivity contribution in [3.05, 3.63) is 17.0 Å². The molecule has 0 aliphatic heterocycles. The summed E-state index contributed by atoms with van der Waals surface area (Å²) in [5, 5.41) is 19.8. The molecule has 0 aromatic carbocycles. The van der Waals surface area contributed by atoms with Crippen molar-refractivity contribution in [2.75, 3.05) is 6.54 Å². The molecule has 0 amide bonds. The number of hydrogen-bond donors (Lipinski definition) is 3. The number of H-pyrrole nitrogens is 1. The van der Waals surface area contributed by atoms with Gasteiger partial charge < -0.3 is 10.4 Å². The van der Waals surface area contributed by atoms with E-state index in [4.69, 9.17) is 0 Å². The van der Waals surface area contributed by atoms with Crippen molar-refractivity contribution in [1.82, 2.24) is 15.5 Å². The van der Waals surface area contributed by atoms with E-state index in [0.29, 0.717) is 0 Å². The van der Waals surface area contributed by atoms with Gasteiger partial charge in [0.2, 0.25) is 0 Å². The van der Waals surface area contributed by atoms with Gasteiger partial charge in [-0.2, -0.15) is 5.10 Å². The van der Waals surface area contributed by atoms with Gasteiger partial charge in [-0.05, 0) is 33.2 Å². The molecule has 0 saturated heterocycles. The highest BCUT2D eigenvalue weighted by atomic mass is 16.3. The standard InChI is InChI=1S/C11H21N3O/c1-4-10(15)5-6-12-7-11-8(2)13-14-9(11)3/h10,12,15H,4-7H2,1-3H3,(H,13,14). The first-order valence-electron chi connectivity index (χ1n) is 5.54. The summed E-state index contributed by atoms with van der Waals surface area (Å²) in [5.41, 5.74) is 3.41. The average Bonchev–Trinajstić information content (AvgIpc) is 2.54. The molecule has 1 heterocycles. The topological polar surface area (TPSA) is 60.9 Å². The van der Waals surface area contributed by atoms with Crippen LogP contribution in [0.5, 0.6) is 0 Å². The molecule has 1 atom stereocenters. The average molecular weight is 211 g/mol. The third kappa shape index (κ3) is 3.64. The van der Waals surface area contributed by atoms with Gasteiger partial charge in [0.15, 0.2) is 0 Å². The van der Waals surface area contributed by atoms with Gasteiger partial charge in [-0.3, -0.25) is 5.10 Å². The third-order valence-corrected chi connectivity index (χ3v) is 2.71. The largest absolute Gasteiger partial charge is 0.393 e. The molecule has 4 nitrogen and oxygen atoms in total. The molecule has 0 spiro atoms. The van der Waals surface area contributed by atoms with Crippen molar-refractivity contribution < 1.29 is 5.11 Å². The fraction of sp³-hybridized carbons (Fsp3) is 0.727. The molecule has 0 fully saturated rings. The van der Waals surface area contributed by atoms with Crippen LogP contribution in [-0.4, -0.2) is 28.0 Å². The van der Waals surface area contributed by atoms with Gasteiger partial charge in [-0.1, -0.05) is 6.92 Å². The van der Waals surface area contributed by atoms with Crippen molar-refractivity contribution in [3.63, 3.8) is 0 Å². The fourth-order valence-electron chi connectivity index (χ4n) is 1.52. The van der Waals surface area contributed by atoms with E-state index in [0.717, 1.165) is 37.3 Å². The summed E-state index contributed by atoms with van der Waals surface area (Å²) < 4.78 is 0. The second kappa shape index (κ2) is 5.88. The minimum absolute atomic E-state index is 0.177. The van der Waals surface area contributed by atoms with E-state index in [-0.39, 0.29) is 6.10 Å². The molecule has 15 heavy (non-hydrogen) atoms.